The van der Waals surface area contributed by atoms with Crippen LogP contribution in [-0.2, 0) is 4.79 Å². The molecule has 0 unspecified atom stereocenters. The van der Waals surface area contributed by atoms with Crippen LogP contribution in [0.1, 0.15) is 0 Å². The minimum Gasteiger partial charge on any atom is -0.479 e. The molecule has 10 N–H and O–H groups in total. The lowest BCUT2D eigenvalue weighted by Gasteiger charge is -2.23. The van der Waals surface area contributed by atoms with E-state index in [1.807, 2.05) is 0 Å². The van der Waals surface area contributed by atoms with Crippen molar-refractivity contribution in [2.24, 2.45) is 0 Å². The van der Waals surface area contributed by atoms with Gasteiger partial charge in [-0.2, -0.15) is 0 Å². The van der Waals surface area contributed by atoms with Gasteiger partial charge in [-0.05, 0) is 0 Å². The molecule has 0 radical (unpaired) electrons. The van der Waals surface area contributed by atoms with Crippen LogP contribution in [0, 0.1) is 0 Å². The Bertz CT molecular complexity index is 172. The number of carboxylic acids is 1. The van der Waals surface area contributed by atoms with Gasteiger partial charge in [0, 0.05) is 0 Å². The molecular formula is C6H16O9. The molecule has 0 saturated carbocycles. The zero-order chi connectivity index (χ0) is 10.6. The maximum absolute atomic E-state index is 10.1. The van der Waals surface area contributed by atoms with Gasteiger partial charge in [0.15, 0.2) is 6.10 Å². The fraction of sp³-hybridized carbons (Fsp3) is 0.833. The van der Waals surface area contributed by atoms with Crippen LogP contribution in [0.25, 0.3) is 0 Å². The maximum atomic E-state index is 10.1. The lowest BCUT2D eigenvalue weighted by atomic mass is 10.0. The van der Waals surface area contributed by atoms with Gasteiger partial charge in [-0.1, -0.05) is 0 Å². The van der Waals surface area contributed by atoms with E-state index in [4.69, 9.17) is 30.6 Å². The van der Waals surface area contributed by atoms with Crippen LogP contribution in [0.5, 0.6) is 0 Å². The normalized spacial score (nSPS) is 17.7. The van der Waals surface area contributed by atoms with Crippen molar-refractivity contribution in [3.8, 4) is 0 Å². The van der Waals surface area contributed by atoms with Crippen molar-refractivity contribution in [1.82, 2.24) is 0 Å². The summed E-state index contributed by atoms with van der Waals surface area (Å²) in [6.45, 7) is -0.843. The third-order valence-electron chi connectivity index (χ3n) is 1.51. The molecular weight excluding hydrogens is 216 g/mol. The number of rotatable bonds is 5. The van der Waals surface area contributed by atoms with Crippen LogP contribution in [0.2, 0.25) is 0 Å². The highest BCUT2D eigenvalue weighted by atomic mass is 16.4. The van der Waals surface area contributed by atoms with E-state index >= 15 is 0 Å². The van der Waals surface area contributed by atoms with Crippen LogP contribution in [-0.4, -0.2) is 78.6 Å². The molecule has 0 rings (SSSR count). The van der Waals surface area contributed by atoms with Crippen molar-refractivity contribution >= 4 is 5.97 Å². The first-order chi connectivity index (χ1) is 5.91. The Morgan fingerprint density at radius 2 is 1.40 bits per heavy atom. The molecule has 94 valence electrons. The Morgan fingerprint density at radius 3 is 1.67 bits per heavy atom. The van der Waals surface area contributed by atoms with Gasteiger partial charge in [-0.25, -0.2) is 4.79 Å². The lowest BCUT2D eigenvalue weighted by molar-refractivity contribution is -0.164. The van der Waals surface area contributed by atoms with Crippen LogP contribution in [0.4, 0.5) is 0 Å². The van der Waals surface area contributed by atoms with E-state index in [2.05, 4.69) is 0 Å². The predicted molar refractivity (Wildman–Crippen MR) is 46.0 cm³/mol. The lowest BCUT2D eigenvalue weighted by Crippen LogP contribution is -2.48. The highest BCUT2D eigenvalue weighted by molar-refractivity contribution is 5.72. The Morgan fingerprint density at radius 1 is 1.00 bits per heavy atom. The molecule has 0 fully saturated rings. The summed E-state index contributed by atoms with van der Waals surface area (Å²) in [5.74, 6) is -1.73. The summed E-state index contributed by atoms with van der Waals surface area (Å²) in [6.07, 6.45) is -7.84. The third kappa shape index (κ3) is 5.59. The van der Waals surface area contributed by atoms with E-state index in [9.17, 15) is 4.79 Å². The quantitative estimate of drug-likeness (QED) is 0.271. The third-order valence-corrected chi connectivity index (χ3v) is 1.51. The first kappa shape index (κ1) is 19.7. The Kier molecular flexibility index (Phi) is 11.2. The predicted octanol–water partition coefficient (Wildman–Crippen LogP) is -5.14. The second-order valence-electron chi connectivity index (χ2n) is 2.51. The number of carbonyl (C=O) groups is 1. The van der Waals surface area contributed by atoms with E-state index in [0.717, 1.165) is 0 Å². The molecule has 9 nitrogen and oxygen atoms in total. The standard InChI is InChI=1S/C6H12O7.2H2O/c7-1-2(8)3(9)4(10)5(11)6(12)13;;/h2-5,7-11H,1H2,(H,12,13);2*1H2/t2-,3-,4+,5-;;/m1../s1. The molecule has 0 amide bonds. The summed E-state index contributed by atoms with van der Waals surface area (Å²) in [4.78, 5) is 10.1. The first-order valence-corrected chi connectivity index (χ1v) is 3.47. The summed E-state index contributed by atoms with van der Waals surface area (Å²) >= 11 is 0. The minimum absolute atomic E-state index is 0. The average molecular weight is 232 g/mol. The molecule has 0 aliphatic carbocycles. The van der Waals surface area contributed by atoms with Crippen molar-refractivity contribution in [1.29, 1.82) is 0 Å². The van der Waals surface area contributed by atoms with E-state index in [1.165, 1.54) is 0 Å². The number of carboxylic acid groups (broad SMARTS) is 1. The molecule has 15 heavy (non-hydrogen) atoms. The number of aliphatic hydroxyl groups excluding tert-OH is 5. The van der Waals surface area contributed by atoms with E-state index in [0.29, 0.717) is 0 Å². The summed E-state index contributed by atoms with van der Waals surface area (Å²) in [6, 6.07) is 0. The molecule has 0 aromatic carbocycles. The van der Waals surface area contributed by atoms with E-state index < -0.39 is 37.0 Å². The number of aliphatic carboxylic acids is 1. The van der Waals surface area contributed by atoms with Crippen molar-refractivity contribution in [3.05, 3.63) is 0 Å². The van der Waals surface area contributed by atoms with Gasteiger partial charge in [-0.3, -0.25) is 0 Å². The van der Waals surface area contributed by atoms with E-state index in [-0.39, 0.29) is 11.0 Å². The fourth-order valence-corrected chi connectivity index (χ4v) is 0.668. The van der Waals surface area contributed by atoms with Gasteiger partial charge < -0.3 is 41.6 Å². The molecule has 0 bridgehead atoms. The zero-order valence-electron chi connectivity index (χ0n) is 7.61. The van der Waals surface area contributed by atoms with Gasteiger partial charge in [0.05, 0.1) is 6.61 Å². The Labute approximate surface area is 84.5 Å². The molecule has 0 aromatic rings. The van der Waals surface area contributed by atoms with Crippen molar-refractivity contribution in [3.63, 3.8) is 0 Å². The van der Waals surface area contributed by atoms with Gasteiger partial charge in [0.1, 0.15) is 18.3 Å². The average Bonchev–Trinajstić information content (AvgIpc) is 2.12. The summed E-state index contributed by atoms with van der Waals surface area (Å²) in [5, 5.41) is 51.8. The van der Waals surface area contributed by atoms with Gasteiger partial charge in [0.2, 0.25) is 0 Å². The molecule has 9 heteroatoms. The van der Waals surface area contributed by atoms with Crippen molar-refractivity contribution in [2.45, 2.75) is 24.4 Å². The van der Waals surface area contributed by atoms with Gasteiger partial charge >= 0.3 is 5.97 Å². The van der Waals surface area contributed by atoms with Gasteiger partial charge in [-0.15, -0.1) is 0 Å². The Balaban J connectivity index is -0.000000720. The number of hydrogen-bond donors (Lipinski definition) is 6. The van der Waals surface area contributed by atoms with Crippen LogP contribution in [0.15, 0.2) is 0 Å². The van der Waals surface area contributed by atoms with E-state index in [1.54, 1.807) is 0 Å². The fourth-order valence-electron chi connectivity index (χ4n) is 0.668. The first-order valence-electron chi connectivity index (χ1n) is 3.47. The molecule has 4 atom stereocenters. The number of hydrogen-bond acceptors (Lipinski definition) is 6. The Hall–Kier alpha value is -0.810. The SMILES string of the molecule is O.O.O=C(O)[C@H](O)[C@@H](O)[C@H](O)[C@H](O)CO. The molecule has 0 spiro atoms. The maximum Gasteiger partial charge on any atom is 0.335 e. The molecule has 0 heterocycles. The highest BCUT2D eigenvalue weighted by Gasteiger charge is 2.33. The zero-order valence-corrected chi connectivity index (χ0v) is 7.61. The summed E-state index contributed by atoms with van der Waals surface area (Å²) < 4.78 is 0. The minimum atomic E-state index is -2.20. The molecule has 0 aliphatic rings. The van der Waals surface area contributed by atoms with Crippen molar-refractivity contribution < 1.29 is 46.4 Å². The largest absolute Gasteiger partial charge is 0.479 e. The second kappa shape index (κ2) is 8.49. The second-order valence-corrected chi connectivity index (χ2v) is 2.51. The summed E-state index contributed by atoms with van der Waals surface area (Å²) in [7, 11) is 0. The molecule has 0 saturated heterocycles. The monoisotopic (exact) mass is 232 g/mol. The molecule has 0 aromatic heterocycles. The van der Waals surface area contributed by atoms with Crippen molar-refractivity contribution in [2.75, 3.05) is 6.61 Å². The summed E-state index contributed by atoms with van der Waals surface area (Å²) in [5.41, 5.74) is 0. The smallest absolute Gasteiger partial charge is 0.335 e. The molecule has 0 aliphatic heterocycles. The highest BCUT2D eigenvalue weighted by Crippen LogP contribution is 2.04. The van der Waals surface area contributed by atoms with Gasteiger partial charge in [0.25, 0.3) is 0 Å². The number of aliphatic hydroxyl groups is 5. The van der Waals surface area contributed by atoms with Crippen LogP contribution < -0.4 is 0 Å². The van der Waals surface area contributed by atoms with Crippen LogP contribution >= 0.6 is 0 Å². The topological polar surface area (TPSA) is 201 Å². The van der Waals surface area contributed by atoms with Crippen LogP contribution in [0.3, 0.4) is 0 Å².